The third-order valence-electron chi connectivity index (χ3n) is 5.27. The first-order valence-corrected chi connectivity index (χ1v) is 11.2. The summed E-state index contributed by atoms with van der Waals surface area (Å²) in [6.07, 6.45) is 1.73. The molecule has 1 atom stereocenters. The number of nitrogens with one attached hydrogen (secondary N) is 2. The summed E-state index contributed by atoms with van der Waals surface area (Å²) in [6.45, 7) is 9.72. The third kappa shape index (κ3) is 7.31. The maximum atomic E-state index is 12.8. The Bertz CT molecular complexity index is 726. The molecule has 0 aromatic heterocycles. The normalized spacial score (nSPS) is 15.9. The molecule has 1 aromatic rings. The molecule has 6 nitrogen and oxygen atoms in total. The van der Waals surface area contributed by atoms with Crippen LogP contribution in [0.3, 0.4) is 0 Å². The van der Waals surface area contributed by atoms with E-state index in [1.807, 2.05) is 27.7 Å². The minimum absolute atomic E-state index is 0.00235. The average Bonchev–Trinajstić information content (AvgIpc) is 2.70. The van der Waals surface area contributed by atoms with E-state index in [-0.39, 0.29) is 29.6 Å². The molecule has 1 fully saturated rings. The number of benzene rings is 1. The van der Waals surface area contributed by atoms with Crippen molar-refractivity contribution in [3.8, 4) is 0 Å². The van der Waals surface area contributed by atoms with Gasteiger partial charge in [0.25, 0.3) is 5.91 Å². The number of carbonyl (C=O) groups is 3. The van der Waals surface area contributed by atoms with Crippen LogP contribution in [0, 0.1) is 17.8 Å². The smallest absolute Gasteiger partial charge is 0.253 e. The lowest BCUT2D eigenvalue weighted by atomic mass is 9.88. The van der Waals surface area contributed by atoms with Gasteiger partial charge in [0.2, 0.25) is 11.8 Å². The van der Waals surface area contributed by atoms with Gasteiger partial charge in [0, 0.05) is 36.6 Å². The highest BCUT2D eigenvalue weighted by atomic mass is 35.5. The molecular weight excluding hydrogens is 402 g/mol. The van der Waals surface area contributed by atoms with Gasteiger partial charge in [0.1, 0.15) is 6.04 Å². The second kappa shape index (κ2) is 11.3. The monoisotopic (exact) mass is 435 g/mol. The molecular formula is C23H34ClN3O3. The maximum absolute atomic E-state index is 12.8. The fourth-order valence-electron chi connectivity index (χ4n) is 3.63. The Balaban J connectivity index is 2.01. The summed E-state index contributed by atoms with van der Waals surface area (Å²) in [4.78, 5) is 39.7. The molecule has 0 spiro atoms. The van der Waals surface area contributed by atoms with Gasteiger partial charge in [-0.05, 0) is 54.9 Å². The van der Waals surface area contributed by atoms with Gasteiger partial charge >= 0.3 is 0 Å². The Hall–Kier alpha value is -2.08. The predicted octanol–water partition coefficient (Wildman–Crippen LogP) is 3.50. The standard InChI is InChI=1S/C23H34ClN3O3/c1-15(2)13-20(28)26-21(22(29)25-14-16(3)4)17-9-11-27(12-10-17)23(30)18-5-7-19(24)8-6-18/h5-8,15-17,21H,9-14H2,1-4H3,(H,25,29)(H,26,28)/t21-/m1/s1. The van der Waals surface area contributed by atoms with Crippen LogP contribution in [0.15, 0.2) is 24.3 Å². The van der Waals surface area contributed by atoms with Crippen LogP contribution in [0.1, 0.15) is 57.3 Å². The molecule has 2 rings (SSSR count). The van der Waals surface area contributed by atoms with Gasteiger partial charge < -0.3 is 15.5 Å². The van der Waals surface area contributed by atoms with Crippen molar-refractivity contribution < 1.29 is 14.4 Å². The lowest BCUT2D eigenvalue weighted by Crippen LogP contribution is -2.54. The summed E-state index contributed by atoms with van der Waals surface area (Å²) >= 11 is 5.91. The fraction of sp³-hybridized carbons (Fsp3) is 0.609. The Kier molecular flexibility index (Phi) is 9.15. The van der Waals surface area contributed by atoms with E-state index < -0.39 is 6.04 Å². The number of hydrogen-bond donors (Lipinski definition) is 2. The zero-order valence-electron chi connectivity index (χ0n) is 18.4. The lowest BCUT2D eigenvalue weighted by Gasteiger charge is -2.36. The van der Waals surface area contributed by atoms with Crippen molar-refractivity contribution in [2.75, 3.05) is 19.6 Å². The number of nitrogens with zero attached hydrogens (tertiary/aromatic N) is 1. The van der Waals surface area contributed by atoms with Gasteiger partial charge in [-0.3, -0.25) is 14.4 Å². The Morgan fingerprint density at radius 3 is 2.17 bits per heavy atom. The molecule has 30 heavy (non-hydrogen) atoms. The number of amides is 3. The van der Waals surface area contributed by atoms with Crippen LogP contribution >= 0.6 is 11.6 Å². The summed E-state index contributed by atoms with van der Waals surface area (Å²) in [5, 5.41) is 6.51. The molecule has 0 unspecified atom stereocenters. The molecule has 0 radical (unpaired) electrons. The van der Waals surface area contributed by atoms with Crippen molar-refractivity contribution in [2.45, 2.75) is 53.0 Å². The van der Waals surface area contributed by atoms with Gasteiger partial charge in [-0.25, -0.2) is 0 Å². The number of hydrogen-bond acceptors (Lipinski definition) is 3. The quantitative estimate of drug-likeness (QED) is 0.656. The zero-order valence-corrected chi connectivity index (χ0v) is 19.2. The van der Waals surface area contributed by atoms with Gasteiger partial charge in [-0.2, -0.15) is 0 Å². The molecule has 1 heterocycles. The first-order valence-electron chi connectivity index (χ1n) is 10.8. The van der Waals surface area contributed by atoms with Crippen molar-refractivity contribution in [1.82, 2.24) is 15.5 Å². The van der Waals surface area contributed by atoms with Crippen LogP contribution in [0.2, 0.25) is 5.02 Å². The van der Waals surface area contributed by atoms with Crippen molar-refractivity contribution >= 4 is 29.3 Å². The molecule has 166 valence electrons. The van der Waals surface area contributed by atoms with Gasteiger partial charge in [-0.1, -0.05) is 39.3 Å². The van der Waals surface area contributed by atoms with Crippen LogP contribution in [-0.2, 0) is 9.59 Å². The molecule has 0 saturated carbocycles. The average molecular weight is 436 g/mol. The molecule has 1 aromatic carbocycles. The Labute approximate surface area is 184 Å². The van der Waals surface area contributed by atoms with Crippen molar-refractivity contribution in [1.29, 1.82) is 0 Å². The predicted molar refractivity (Wildman–Crippen MR) is 119 cm³/mol. The summed E-state index contributed by atoms with van der Waals surface area (Å²) < 4.78 is 0. The molecule has 3 amide bonds. The first-order chi connectivity index (χ1) is 14.2. The molecule has 7 heteroatoms. The van der Waals surface area contributed by atoms with Gasteiger partial charge in [0.05, 0.1) is 0 Å². The van der Waals surface area contributed by atoms with Crippen molar-refractivity contribution in [3.05, 3.63) is 34.9 Å². The molecule has 1 saturated heterocycles. The minimum Gasteiger partial charge on any atom is -0.354 e. The molecule has 0 bridgehead atoms. The molecule has 0 aliphatic carbocycles. The van der Waals surface area contributed by atoms with E-state index >= 15 is 0 Å². The summed E-state index contributed by atoms with van der Waals surface area (Å²) in [5.74, 6) is 0.290. The topological polar surface area (TPSA) is 78.5 Å². The summed E-state index contributed by atoms with van der Waals surface area (Å²) in [7, 11) is 0. The SMILES string of the molecule is CC(C)CNC(=O)[C@H](NC(=O)CC(C)C)C1CCN(C(=O)c2ccc(Cl)cc2)CC1. The van der Waals surface area contributed by atoms with E-state index in [9.17, 15) is 14.4 Å². The van der Waals surface area contributed by atoms with Crippen LogP contribution in [0.5, 0.6) is 0 Å². The van der Waals surface area contributed by atoms with Crippen molar-refractivity contribution in [3.63, 3.8) is 0 Å². The van der Waals surface area contributed by atoms with E-state index in [0.717, 1.165) is 0 Å². The van der Waals surface area contributed by atoms with Crippen LogP contribution in [0.4, 0.5) is 0 Å². The second-order valence-corrected chi connectivity index (χ2v) is 9.36. The van der Waals surface area contributed by atoms with Gasteiger partial charge in [-0.15, -0.1) is 0 Å². The minimum atomic E-state index is -0.567. The van der Waals surface area contributed by atoms with Crippen LogP contribution in [-0.4, -0.2) is 48.3 Å². The summed E-state index contributed by atoms with van der Waals surface area (Å²) in [5.41, 5.74) is 0.606. The highest BCUT2D eigenvalue weighted by Crippen LogP contribution is 2.23. The Morgan fingerprint density at radius 1 is 1.03 bits per heavy atom. The van der Waals surface area contributed by atoms with E-state index in [2.05, 4.69) is 10.6 Å². The highest BCUT2D eigenvalue weighted by molar-refractivity contribution is 6.30. The number of halogens is 1. The van der Waals surface area contributed by atoms with E-state index in [0.29, 0.717) is 55.4 Å². The van der Waals surface area contributed by atoms with E-state index in [4.69, 9.17) is 11.6 Å². The second-order valence-electron chi connectivity index (χ2n) is 8.92. The number of likely N-dealkylation sites (tertiary alicyclic amines) is 1. The van der Waals surface area contributed by atoms with E-state index in [1.54, 1.807) is 29.2 Å². The largest absolute Gasteiger partial charge is 0.354 e. The van der Waals surface area contributed by atoms with Crippen LogP contribution in [0.25, 0.3) is 0 Å². The van der Waals surface area contributed by atoms with E-state index in [1.165, 1.54) is 0 Å². The fourth-order valence-corrected chi connectivity index (χ4v) is 3.75. The zero-order chi connectivity index (χ0) is 22.3. The molecule has 1 aliphatic heterocycles. The highest BCUT2D eigenvalue weighted by Gasteiger charge is 2.34. The Morgan fingerprint density at radius 2 is 1.63 bits per heavy atom. The van der Waals surface area contributed by atoms with Crippen LogP contribution < -0.4 is 10.6 Å². The molecule has 2 N–H and O–H groups in total. The number of carbonyl (C=O) groups excluding carboxylic acids is 3. The lowest BCUT2D eigenvalue weighted by molar-refractivity contribution is -0.131. The third-order valence-corrected chi connectivity index (χ3v) is 5.52. The number of piperidine rings is 1. The summed E-state index contributed by atoms with van der Waals surface area (Å²) in [6, 6.07) is 6.31. The van der Waals surface area contributed by atoms with Crippen molar-refractivity contribution in [2.24, 2.45) is 17.8 Å². The molecule has 1 aliphatic rings. The maximum Gasteiger partial charge on any atom is 0.253 e. The van der Waals surface area contributed by atoms with Gasteiger partial charge in [0.15, 0.2) is 0 Å². The number of rotatable bonds is 8. The first kappa shape index (κ1) is 24.2.